The maximum absolute atomic E-state index is 10.8. The van der Waals surface area contributed by atoms with E-state index in [1.54, 1.807) is 19.4 Å². The van der Waals surface area contributed by atoms with Crippen LogP contribution in [0, 0.1) is 5.41 Å². The minimum atomic E-state index is -0.747. The highest BCUT2D eigenvalue weighted by molar-refractivity contribution is 5.68. The first-order valence-electron chi connectivity index (χ1n) is 5.96. The summed E-state index contributed by atoms with van der Waals surface area (Å²) in [5.74, 6) is 0.225. The normalized spacial score (nSPS) is 16.7. The fraction of sp³-hybridized carbons (Fsp3) is 0.583. The third-order valence-corrected chi connectivity index (χ3v) is 3.40. The van der Waals surface area contributed by atoms with Crippen molar-refractivity contribution in [2.75, 3.05) is 19.0 Å². The number of carboxylic acids is 1. The van der Waals surface area contributed by atoms with Crippen LogP contribution >= 0.6 is 0 Å². The molecule has 1 aliphatic carbocycles. The summed E-state index contributed by atoms with van der Waals surface area (Å²) in [5, 5.41) is 12.0. The molecular formula is C12H17N3O3. The lowest BCUT2D eigenvalue weighted by molar-refractivity contribution is -0.141. The average molecular weight is 251 g/mol. The molecule has 0 spiro atoms. The van der Waals surface area contributed by atoms with E-state index in [0.717, 1.165) is 19.3 Å². The molecule has 0 amide bonds. The van der Waals surface area contributed by atoms with E-state index in [4.69, 9.17) is 9.84 Å². The summed E-state index contributed by atoms with van der Waals surface area (Å²) in [7, 11) is 1.55. The molecule has 0 radical (unpaired) electrons. The molecular weight excluding hydrogens is 234 g/mol. The Bertz CT molecular complexity index is 432. The minimum absolute atomic E-state index is 0.141. The number of carbonyl (C=O) groups is 1. The molecule has 0 aromatic carbocycles. The molecule has 1 heterocycles. The van der Waals surface area contributed by atoms with Crippen LogP contribution in [0.1, 0.15) is 25.7 Å². The SMILES string of the molecule is COc1ccnc(NCC2(CC(=O)O)CCC2)n1. The Morgan fingerprint density at radius 2 is 2.39 bits per heavy atom. The van der Waals surface area contributed by atoms with Crippen LogP contribution in [0.25, 0.3) is 0 Å². The molecule has 6 nitrogen and oxygen atoms in total. The van der Waals surface area contributed by atoms with Gasteiger partial charge in [-0.3, -0.25) is 4.79 Å². The fourth-order valence-electron chi connectivity index (χ4n) is 2.22. The lowest BCUT2D eigenvalue weighted by atomic mass is 9.66. The maximum atomic E-state index is 10.8. The Morgan fingerprint density at radius 1 is 1.61 bits per heavy atom. The van der Waals surface area contributed by atoms with Crippen molar-refractivity contribution < 1.29 is 14.6 Å². The van der Waals surface area contributed by atoms with Gasteiger partial charge >= 0.3 is 5.97 Å². The molecule has 2 N–H and O–H groups in total. The van der Waals surface area contributed by atoms with Gasteiger partial charge in [-0.15, -0.1) is 0 Å². The number of hydrogen-bond donors (Lipinski definition) is 2. The maximum Gasteiger partial charge on any atom is 0.303 e. The third kappa shape index (κ3) is 2.88. The lowest BCUT2D eigenvalue weighted by Gasteiger charge is -2.40. The van der Waals surface area contributed by atoms with E-state index in [2.05, 4.69) is 15.3 Å². The molecule has 6 heteroatoms. The zero-order chi connectivity index (χ0) is 13.0. The van der Waals surface area contributed by atoms with Crippen molar-refractivity contribution in [3.63, 3.8) is 0 Å². The van der Waals surface area contributed by atoms with Gasteiger partial charge in [0.1, 0.15) is 0 Å². The second-order valence-electron chi connectivity index (χ2n) is 4.70. The van der Waals surface area contributed by atoms with E-state index >= 15 is 0 Å². The van der Waals surface area contributed by atoms with Crippen LogP contribution in [0.15, 0.2) is 12.3 Å². The number of rotatable bonds is 6. The first-order valence-corrected chi connectivity index (χ1v) is 5.96. The molecule has 1 fully saturated rings. The highest BCUT2D eigenvalue weighted by atomic mass is 16.5. The Kier molecular flexibility index (Phi) is 3.64. The molecule has 1 aromatic rings. The van der Waals surface area contributed by atoms with E-state index in [1.807, 2.05) is 0 Å². The number of hydrogen-bond acceptors (Lipinski definition) is 5. The number of ether oxygens (including phenoxy) is 1. The zero-order valence-electron chi connectivity index (χ0n) is 10.3. The van der Waals surface area contributed by atoms with Crippen molar-refractivity contribution in [2.24, 2.45) is 5.41 Å². The average Bonchev–Trinajstić information content (AvgIpc) is 2.32. The van der Waals surface area contributed by atoms with Crippen molar-refractivity contribution in [1.82, 2.24) is 9.97 Å². The number of anilines is 1. The molecule has 18 heavy (non-hydrogen) atoms. The summed E-state index contributed by atoms with van der Waals surface area (Å²) in [6.45, 7) is 0.590. The minimum Gasteiger partial charge on any atom is -0.481 e. The van der Waals surface area contributed by atoms with Crippen LogP contribution in [0.2, 0.25) is 0 Å². The quantitative estimate of drug-likeness (QED) is 0.797. The molecule has 0 unspecified atom stereocenters. The van der Waals surface area contributed by atoms with Gasteiger partial charge in [0, 0.05) is 18.8 Å². The number of nitrogens with one attached hydrogen (secondary N) is 1. The van der Waals surface area contributed by atoms with Crippen LogP contribution in [-0.2, 0) is 4.79 Å². The van der Waals surface area contributed by atoms with Gasteiger partial charge < -0.3 is 15.2 Å². The monoisotopic (exact) mass is 251 g/mol. The van der Waals surface area contributed by atoms with E-state index in [1.165, 1.54) is 0 Å². The van der Waals surface area contributed by atoms with Gasteiger partial charge in [-0.1, -0.05) is 6.42 Å². The van der Waals surface area contributed by atoms with Crippen LogP contribution in [0.5, 0.6) is 5.88 Å². The Labute approximate surface area is 105 Å². The van der Waals surface area contributed by atoms with Crippen LogP contribution in [0.3, 0.4) is 0 Å². The van der Waals surface area contributed by atoms with E-state index < -0.39 is 5.97 Å². The first-order chi connectivity index (χ1) is 8.63. The molecule has 98 valence electrons. The first kappa shape index (κ1) is 12.6. The fourth-order valence-corrected chi connectivity index (χ4v) is 2.22. The second-order valence-corrected chi connectivity index (χ2v) is 4.70. The van der Waals surface area contributed by atoms with Crippen LogP contribution in [-0.4, -0.2) is 34.7 Å². The second kappa shape index (κ2) is 5.20. The summed E-state index contributed by atoms with van der Waals surface area (Å²) < 4.78 is 5.01. The molecule has 1 aliphatic rings. The van der Waals surface area contributed by atoms with Gasteiger partial charge in [-0.2, -0.15) is 4.98 Å². The molecule has 0 aliphatic heterocycles. The van der Waals surface area contributed by atoms with Gasteiger partial charge in [0.2, 0.25) is 11.8 Å². The number of methoxy groups -OCH3 is 1. The largest absolute Gasteiger partial charge is 0.481 e. The van der Waals surface area contributed by atoms with Crippen molar-refractivity contribution in [2.45, 2.75) is 25.7 Å². The summed E-state index contributed by atoms with van der Waals surface area (Å²) in [4.78, 5) is 19.1. The van der Waals surface area contributed by atoms with Gasteiger partial charge in [0.25, 0.3) is 0 Å². The van der Waals surface area contributed by atoms with Gasteiger partial charge in [0.15, 0.2) is 0 Å². The Morgan fingerprint density at radius 3 is 2.94 bits per heavy atom. The third-order valence-electron chi connectivity index (χ3n) is 3.40. The van der Waals surface area contributed by atoms with Gasteiger partial charge in [0.05, 0.1) is 13.5 Å². The highest BCUT2D eigenvalue weighted by Gasteiger charge is 2.38. The summed E-state index contributed by atoms with van der Waals surface area (Å²) in [6.07, 6.45) is 4.78. The molecule has 2 rings (SSSR count). The molecule has 1 aromatic heterocycles. The number of aliphatic carboxylic acids is 1. The summed E-state index contributed by atoms with van der Waals surface area (Å²) in [6, 6.07) is 1.67. The lowest BCUT2D eigenvalue weighted by Crippen LogP contribution is -2.38. The van der Waals surface area contributed by atoms with Gasteiger partial charge in [-0.25, -0.2) is 4.98 Å². The highest BCUT2D eigenvalue weighted by Crippen LogP contribution is 2.43. The Hall–Kier alpha value is -1.85. The van der Waals surface area contributed by atoms with Gasteiger partial charge in [-0.05, 0) is 18.3 Å². The van der Waals surface area contributed by atoms with E-state index in [0.29, 0.717) is 18.4 Å². The van der Waals surface area contributed by atoms with Crippen molar-refractivity contribution in [3.05, 3.63) is 12.3 Å². The number of nitrogens with zero attached hydrogens (tertiary/aromatic N) is 2. The summed E-state index contributed by atoms with van der Waals surface area (Å²) in [5.41, 5.74) is -0.141. The van der Waals surface area contributed by atoms with E-state index in [9.17, 15) is 4.79 Å². The van der Waals surface area contributed by atoms with Crippen LogP contribution < -0.4 is 10.1 Å². The van der Waals surface area contributed by atoms with Crippen molar-refractivity contribution in [1.29, 1.82) is 0 Å². The molecule has 1 saturated carbocycles. The summed E-state index contributed by atoms with van der Waals surface area (Å²) >= 11 is 0. The smallest absolute Gasteiger partial charge is 0.303 e. The predicted octanol–water partition coefficient (Wildman–Crippen LogP) is 1.54. The number of carboxylic acid groups (broad SMARTS) is 1. The van der Waals surface area contributed by atoms with Crippen molar-refractivity contribution >= 4 is 11.9 Å². The molecule has 0 bridgehead atoms. The molecule has 0 saturated heterocycles. The standard InChI is InChI=1S/C12H17N3O3/c1-18-9-3-6-13-11(15-9)14-8-12(4-2-5-12)7-10(16)17/h3,6H,2,4-5,7-8H2,1H3,(H,16,17)(H,13,14,15). The number of aromatic nitrogens is 2. The Balaban J connectivity index is 1.95. The predicted molar refractivity (Wildman–Crippen MR) is 65.6 cm³/mol. The van der Waals surface area contributed by atoms with E-state index in [-0.39, 0.29) is 11.8 Å². The van der Waals surface area contributed by atoms with Crippen molar-refractivity contribution in [3.8, 4) is 5.88 Å². The zero-order valence-corrected chi connectivity index (χ0v) is 10.3. The molecule has 0 atom stereocenters. The topological polar surface area (TPSA) is 84.3 Å². The van der Waals surface area contributed by atoms with Crippen LogP contribution in [0.4, 0.5) is 5.95 Å².